The average Bonchev–Trinajstić information content (AvgIpc) is 3.15. The molecule has 7 nitrogen and oxygen atoms in total. The number of fused-ring (bicyclic) bond motifs is 2. The second-order valence-corrected chi connectivity index (χ2v) is 9.83. The number of aliphatic hydroxyl groups excluding tert-OH is 1. The Bertz CT molecular complexity index is 1200. The molecule has 0 saturated carbocycles. The summed E-state index contributed by atoms with van der Waals surface area (Å²) in [7, 11) is 0. The Labute approximate surface area is 206 Å². The molecule has 3 aliphatic rings. The molecule has 6 rings (SSSR count). The van der Waals surface area contributed by atoms with Crippen LogP contribution in [0.2, 0.25) is 0 Å². The molecule has 0 spiro atoms. The summed E-state index contributed by atoms with van der Waals surface area (Å²) in [4.78, 5) is 28.8. The van der Waals surface area contributed by atoms with Crippen molar-refractivity contribution in [3.63, 3.8) is 0 Å². The van der Waals surface area contributed by atoms with E-state index in [-0.39, 0.29) is 6.61 Å². The normalized spacial score (nSPS) is 30.1. The van der Waals surface area contributed by atoms with E-state index in [0.29, 0.717) is 11.1 Å². The average molecular weight is 490 g/mol. The Morgan fingerprint density at radius 1 is 0.800 bits per heavy atom. The predicted molar refractivity (Wildman–Crippen MR) is 128 cm³/mol. The lowest BCUT2D eigenvalue weighted by atomic mass is 9.95. The number of rotatable bonds is 4. The number of nitrogens with zero attached hydrogens (tertiary/aromatic N) is 1. The van der Waals surface area contributed by atoms with Crippen molar-refractivity contribution >= 4 is 23.6 Å². The van der Waals surface area contributed by atoms with Crippen molar-refractivity contribution in [3.8, 4) is 0 Å². The van der Waals surface area contributed by atoms with Gasteiger partial charge in [0.1, 0.15) is 29.8 Å². The number of thioether (sulfide) groups is 1. The smallest absolute Gasteiger partial charge is 0.262 e. The summed E-state index contributed by atoms with van der Waals surface area (Å²) in [6.45, 7) is 0.210. The lowest BCUT2D eigenvalue weighted by Crippen LogP contribution is -2.66. The molecule has 3 aromatic carbocycles. The highest BCUT2D eigenvalue weighted by Crippen LogP contribution is 2.42. The van der Waals surface area contributed by atoms with Gasteiger partial charge in [-0.05, 0) is 24.3 Å². The minimum atomic E-state index is -1.17. The number of hydrogen-bond donors (Lipinski definition) is 1. The summed E-state index contributed by atoms with van der Waals surface area (Å²) < 4.78 is 18.5. The maximum Gasteiger partial charge on any atom is 0.262 e. The van der Waals surface area contributed by atoms with Crippen LogP contribution in [0.15, 0.2) is 89.8 Å². The molecule has 0 aliphatic carbocycles. The van der Waals surface area contributed by atoms with Gasteiger partial charge in [0.2, 0.25) is 0 Å². The zero-order chi connectivity index (χ0) is 23.9. The Hall–Kier alpha value is -3.01. The fourth-order valence-corrected chi connectivity index (χ4v) is 6.04. The Morgan fingerprint density at radius 3 is 2.06 bits per heavy atom. The van der Waals surface area contributed by atoms with Gasteiger partial charge in [0, 0.05) is 10.5 Å². The molecule has 3 aromatic rings. The number of hydrogen-bond acceptors (Lipinski definition) is 7. The molecule has 6 unspecified atom stereocenters. The van der Waals surface area contributed by atoms with Crippen molar-refractivity contribution < 1.29 is 28.9 Å². The van der Waals surface area contributed by atoms with E-state index in [0.717, 1.165) is 15.4 Å². The summed E-state index contributed by atoms with van der Waals surface area (Å²) in [5.74, 6) is -0.885. The quantitative estimate of drug-likeness (QED) is 0.560. The molecule has 3 aliphatic heterocycles. The number of carbonyl (C=O) groups excluding carboxylic acids is 2. The van der Waals surface area contributed by atoms with E-state index in [4.69, 9.17) is 14.2 Å². The van der Waals surface area contributed by atoms with Gasteiger partial charge in [-0.1, -0.05) is 72.4 Å². The first-order valence-electron chi connectivity index (χ1n) is 11.5. The van der Waals surface area contributed by atoms with Crippen molar-refractivity contribution in [3.05, 3.63) is 102 Å². The van der Waals surface area contributed by atoms with E-state index < -0.39 is 47.9 Å². The van der Waals surface area contributed by atoms with Gasteiger partial charge in [-0.3, -0.25) is 14.5 Å². The van der Waals surface area contributed by atoms with Gasteiger partial charge in [0.25, 0.3) is 11.8 Å². The van der Waals surface area contributed by atoms with Gasteiger partial charge in [0.05, 0.1) is 17.7 Å². The summed E-state index contributed by atoms with van der Waals surface area (Å²) in [6, 6.07) is 24.7. The third-order valence-corrected chi connectivity index (χ3v) is 7.69. The lowest BCUT2D eigenvalue weighted by Gasteiger charge is -2.49. The van der Waals surface area contributed by atoms with E-state index in [1.807, 2.05) is 60.7 Å². The van der Waals surface area contributed by atoms with Crippen LogP contribution in [0, 0.1) is 0 Å². The van der Waals surface area contributed by atoms with Gasteiger partial charge in [-0.2, -0.15) is 0 Å². The number of ether oxygens (including phenoxy) is 3. The molecule has 1 N–H and O–H groups in total. The Morgan fingerprint density at radius 2 is 1.40 bits per heavy atom. The van der Waals surface area contributed by atoms with Crippen LogP contribution in [0.1, 0.15) is 32.6 Å². The topological polar surface area (TPSA) is 85.3 Å². The molecule has 6 atom stereocenters. The molecule has 2 amide bonds. The van der Waals surface area contributed by atoms with Gasteiger partial charge >= 0.3 is 0 Å². The van der Waals surface area contributed by atoms with E-state index in [2.05, 4.69) is 0 Å². The number of aliphatic hydroxyl groups is 1. The largest absolute Gasteiger partial charge is 0.388 e. The second-order valence-electron chi connectivity index (χ2n) is 8.66. The van der Waals surface area contributed by atoms with E-state index >= 15 is 0 Å². The first-order valence-corrected chi connectivity index (χ1v) is 12.3. The van der Waals surface area contributed by atoms with Crippen molar-refractivity contribution in [1.82, 2.24) is 4.90 Å². The molecular formula is C27H23NO6S. The summed E-state index contributed by atoms with van der Waals surface area (Å²) in [5.41, 5.74) is 0.753. The number of amides is 2. The van der Waals surface area contributed by atoms with Crippen molar-refractivity contribution in [1.29, 1.82) is 0 Å². The van der Waals surface area contributed by atoms with E-state index in [9.17, 15) is 14.7 Å². The van der Waals surface area contributed by atoms with Crippen LogP contribution in [-0.2, 0) is 14.2 Å². The maximum atomic E-state index is 13.4. The summed E-state index contributed by atoms with van der Waals surface area (Å²) in [5, 5.41) is 11.6. The van der Waals surface area contributed by atoms with E-state index in [1.54, 1.807) is 24.3 Å². The second kappa shape index (κ2) is 9.22. The fraction of sp³-hybridized carbons (Fsp3) is 0.259. The van der Waals surface area contributed by atoms with Crippen LogP contribution in [0.5, 0.6) is 0 Å². The zero-order valence-corrected chi connectivity index (χ0v) is 19.4. The molecule has 0 bridgehead atoms. The van der Waals surface area contributed by atoms with Crippen LogP contribution >= 0.6 is 11.8 Å². The van der Waals surface area contributed by atoms with Gasteiger partial charge < -0.3 is 19.3 Å². The molecule has 178 valence electrons. The van der Waals surface area contributed by atoms with Crippen LogP contribution in [0.3, 0.4) is 0 Å². The molecule has 0 radical (unpaired) electrons. The first-order chi connectivity index (χ1) is 17.1. The molecule has 8 heteroatoms. The highest BCUT2D eigenvalue weighted by molar-refractivity contribution is 7.99. The minimum Gasteiger partial charge on any atom is -0.388 e. The highest BCUT2D eigenvalue weighted by Gasteiger charge is 2.55. The van der Waals surface area contributed by atoms with Crippen molar-refractivity contribution in [2.24, 2.45) is 0 Å². The van der Waals surface area contributed by atoms with Crippen molar-refractivity contribution in [2.75, 3.05) is 6.61 Å². The van der Waals surface area contributed by atoms with Crippen LogP contribution in [0.4, 0.5) is 0 Å². The minimum absolute atomic E-state index is 0.210. The zero-order valence-electron chi connectivity index (χ0n) is 18.6. The Kier molecular flexibility index (Phi) is 5.91. The van der Waals surface area contributed by atoms with Crippen LogP contribution in [-0.4, -0.2) is 58.2 Å². The molecule has 0 aromatic heterocycles. The highest BCUT2D eigenvalue weighted by atomic mass is 32.2. The molecule has 35 heavy (non-hydrogen) atoms. The predicted octanol–water partition coefficient (Wildman–Crippen LogP) is 3.64. The van der Waals surface area contributed by atoms with Gasteiger partial charge in [-0.25, -0.2) is 0 Å². The molecule has 3 heterocycles. The number of imide groups is 1. The Balaban J connectivity index is 1.34. The van der Waals surface area contributed by atoms with Crippen LogP contribution < -0.4 is 0 Å². The fourth-order valence-electron chi connectivity index (χ4n) is 4.84. The lowest BCUT2D eigenvalue weighted by molar-refractivity contribution is -0.310. The molecular weight excluding hydrogens is 466 g/mol. The van der Waals surface area contributed by atoms with E-state index in [1.165, 1.54) is 11.8 Å². The number of carbonyl (C=O) groups is 2. The monoisotopic (exact) mass is 489 g/mol. The standard InChI is InChI=1S/C27H23NO6S/c29-22-21(28-24(30)18-13-7-8-14-19(18)25(28)31)27(35-17-11-5-2-6-12-17)33-20-15-32-26(34-23(20)22)16-9-3-1-4-10-16/h1-14,20-23,26-27,29H,15H2. The maximum absolute atomic E-state index is 13.4. The van der Waals surface area contributed by atoms with Gasteiger partial charge in [0.15, 0.2) is 6.29 Å². The third-order valence-electron chi connectivity index (χ3n) is 6.52. The third kappa shape index (κ3) is 3.97. The van der Waals surface area contributed by atoms with Gasteiger partial charge in [-0.15, -0.1) is 0 Å². The summed E-state index contributed by atoms with van der Waals surface area (Å²) >= 11 is 1.36. The first kappa shape index (κ1) is 22.5. The SMILES string of the molecule is O=C1c2ccccc2C(=O)N1C1C(Sc2ccccc2)OC2COC(c3ccccc3)OC2C1O. The van der Waals surface area contributed by atoms with Crippen LogP contribution in [0.25, 0.3) is 0 Å². The van der Waals surface area contributed by atoms with Crippen molar-refractivity contribution in [2.45, 2.75) is 41.0 Å². The molecule has 2 saturated heterocycles. The summed E-state index contributed by atoms with van der Waals surface area (Å²) in [6.07, 6.45) is -3.20. The molecule has 2 fully saturated rings. The number of benzene rings is 3.